The molecule has 1 aromatic carbocycles. The molecule has 0 unspecified atom stereocenters. The topological polar surface area (TPSA) is 26.0 Å². The van der Waals surface area contributed by atoms with Crippen LogP contribution >= 0.6 is 0 Å². The number of rotatable bonds is 4. The van der Waals surface area contributed by atoms with Crippen LogP contribution in [0.15, 0.2) is 18.2 Å². The van der Waals surface area contributed by atoms with E-state index in [9.17, 15) is 0 Å². The van der Waals surface area contributed by atoms with Crippen molar-refractivity contribution in [3.05, 3.63) is 29.3 Å². The summed E-state index contributed by atoms with van der Waals surface area (Å²) in [7, 11) is 0. The van der Waals surface area contributed by atoms with Crippen molar-refractivity contribution in [2.75, 3.05) is 5.73 Å². The van der Waals surface area contributed by atoms with E-state index in [0.717, 1.165) is 12.1 Å². The van der Waals surface area contributed by atoms with E-state index in [0.29, 0.717) is 0 Å². The molecule has 0 aliphatic heterocycles. The van der Waals surface area contributed by atoms with Crippen molar-refractivity contribution in [1.29, 1.82) is 0 Å². The van der Waals surface area contributed by atoms with Gasteiger partial charge in [-0.25, -0.2) is 0 Å². The first-order valence-corrected chi connectivity index (χ1v) is 5.15. The molecule has 0 spiro atoms. The zero-order valence-corrected chi connectivity index (χ0v) is 8.64. The first kappa shape index (κ1) is 10.1. The molecule has 0 aromatic heterocycles. The fourth-order valence-electron chi connectivity index (χ4n) is 1.69. The highest BCUT2D eigenvalue weighted by Crippen LogP contribution is 2.19. The van der Waals surface area contributed by atoms with E-state index in [1.807, 2.05) is 6.07 Å². The monoisotopic (exact) mass is 177 g/mol. The Kier molecular flexibility index (Phi) is 3.81. The van der Waals surface area contributed by atoms with Crippen LogP contribution in [0.4, 0.5) is 5.69 Å². The van der Waals surface area contributed by atoms with E-state index in [4.69, 9.17) is 5.73 Å². The molecule has 1 heteroatoms. The van der Waals surface area contributed by atoms with Crippen LogP contribution in [0.3, 0.4) is 0 Å². The molecular weight excluding hydrogens is 158 g/mol. The van der Waals surface area contributed by atoms with E-state index in [1.54, 1.807) is 0 Å². The maximum Gasteiger partial charge on any atom is 0.0349 e. The standard InChI is InChI=1S/C12H19N/c1-3-5-7-10-8-6-9-12(13)11(10)4-2/h6,8-9H,3-5,7,13H2,1-2H3. The van der Waals surface area contributed by atoms with Gasteiger partial charge in [0.15, 0.2) is 0 Å². The van der Waals surface area contributed by atoms with Crippen molar-refractivity contribution in [3.63, 3.8) is 0 Å². The van der Waals surface area contributed by atoms with Crippen LogP contribution in [0.5, 0.6) is 0 Å². The lowest BCUT2D eigenvalue weighted by atomic mass is 9.99. The molecule has 1 nitrogen and oxygen atoms in total. The number of hydrogen-bond donors (Lipinski definition) is 1. The number of hydrogen-bond acceptors (Lipinski definition) is 1. The van der Waals surface area contributed by atoms with Gasteiger partial charge in [-0.15, -0.1) is 0 Å². The quantitative estimate of drug-likeness (QED) is 0.702. The summed E-state index contributed by atoms with van der Waals surface area (Å²) in [6.07, 6.45) is 4.73. The van der Waals surface area contributed by atoms with Crippen molar-refractivity contribution in [3.8, 4) is 0 Å². The van der Waals surface area contributed by atoms with Crippen LogP contribution in [-0.4, -0.2) is 0 Å². The van der Waals surface area contributed by atoms with Gasteiger partial charge in [-0.2, -0.15) is 0 Å². The fraction of sp³-hybridized carbons (Fsp3) is 0.500. The number of unbranched alkanes of at least 4 members (excludes halogenated alkanes) is 1. The highest BCUT2D eigenvalue weighted by molar-refractivity contribution is 5.50. The van der Waals surface area contributed by atoms with Gasteiger partial charge in [0.05, 0.1) is 0 Å². The van der Waals surface area contributed by atoms with Crippen molar-refractivity contribution in [1.82, 2.24) is 0 Å². The molecule has 0 atom stereocenters. The fourth-order valence-corrected chi connectivity index (χ4v) is 1.69. The molecule has 0 bridgehead atoms. The molecule has 0 saturated carbocycles. The summed E-state index contributed by atoms with van der Waals surface area (Å²) in [6, 6.07) is 6.25. The largest absolute Gasteiger partial charge is 0.398 e. The average molecular weight is 177 g/mol. The van der Waals surface area contributed by atoms with Gasteiger partial charge in [0.1, 0.15) is 0 Å². The number of anilines is 1. The number of aryl methyl sites for hydroxylation is 1. The Bertz CT molecular complexity index is 266. The molecule has 13 heavy (non-hydrogen) atoms. The van der Waals surface area contributed by atoms with Crippen LogP contribution in [0, 0.1) is 0 Å². The van der Waals surface area contributed by atoms with Crippen LogP contribution in [-0.2, 0) is 12.8 Å². The minimum atomic E-state index is 0.955. The van der Waals surface area contributed by atoms with Crippen molar-refractivity contribution >= 4 is 5.69 Å². The summed E-state index contributed by atoms with van der Waals surface area (Å²) < 4.78 is 0. The molecule has 0 saturated heterocycles. The third-order valence-corrected chi connectivity index (χ3v) is 2.46. The van der Waals surface area contributed by atoms with Crippen molar-refractivity contribution in [2.45, 2.75) is 39.5 Å². The van der Waals surface area contributed by atoms with Crippen LogP contribution in [0.25, 0.3) is 0 Å². The minimum Gasteiger partial charge on any atom is -0.398 e. The van der Waals surface area contributed by atoms with Crippen molar-refractivity contribution < 1.29 is 0 Å². The number of nitrogen functional groups attached to an aromatic ring is 1. The van der Waals surface area contributed by atoms with E-state index in [-0.39, 0.29) is 0 Å². The lowest BCUT2D eigenvalue weighted by Crippen LogP contribution is -1.98. The summed E-state index contributed by atoms with van der Waals surface area (Å²) in [6.45, 7) is 4.39. The van der Waals surface area contributed by atoms with Crippen LogP contribution in [0.1, 0.15) is 37.8 Å². The molecule has 0 aliphatic carbocycles. The first-order valence-electron chi connectivity index (χ1n) is 5.15. The average Bonchev–Trinajstić information content (AvgIpc) is 2.15. The Labute approximate surface area is 81.0 Å². The van der Waals surface area contributed by atoms with Gasteiger partial charge in [0, 0.05) is 5.69 Å². The normalized spacial score (nSPS) is 10.3. The molecule has 0 heterocycles. The van der Waals surface area contributed by atoms with Gasteiger partial charge in [0.2, 0.25) is 0 Å². The summed E-state index contributed by atoms with van der Waals surface area (Å²) in [5, 5.41) is 0. The zero-order valence-electron chi connectivity index (χ0n) is 8.64. The first-order chi connectivity index (χ1) is 6.29. The molecule has 1 aromatic rings. The lowest BCUT2D eigenvalue weighted by Gasteiger charge is -2.09. The Balaban J connectivity index is 2.85. The molecule has 72 valence electrons. The molecule has 0 aliphatic rings. The summed E-state index contributed by atoms with van der Waals surface area (Å²) >= 11 is 0. The van der Waals surface area contributed by atoms with Gasteiger partial charge < -0.3 is 5.73 Å². The third-order valence-electron chi connectivity index (χ3n) is 2.46. The lowest BCUT2D eigenvalue weighted by molar-refractivity contribution is 0.788. The van der Waals surface area contributed by atoms with Crippen LogP contribution in [0.2, 0.25) is 0 Å². The minimum absolute atomic E-state index is 0.955. The van der Waals surface area contributed by atoms with Gasteiger partial charge in [0.25, 0.3) is 0 Å². The Morgan fingerprint density at radius 2 is 2.00 bits per heavy atom. The molecule has 1 rings (SSSR count). The second-order valence-corrected chi connectivity index (χ2v) is 3.44. The van der Waals surface area contributed by atoms with Gasteiger partial charge in [-0.05, 0) is 36.5 Å². The molecular formula is C12H19N. The zero-order chi connectivity index (χ0) is 9.68. The summed E-state index contributed by atoms with van der Waals surface area (Å²) in [5.74, 6) is 0. The summed E-state index contributed by atoms with van der Waals surface area (Å²) in [4.78, 5) is 0. The number of nitrogens with two attached hydrogens (primary N) is 1. The predicted octanol–water partition coefficient (Wildman–Crippen LogP) is 3.17. The van der Waals surface area contributed by atoms with Gasteiger partial charge in [-0.3, -0.25) is 0 Å². The molecule has 0 amide bonds. The van der Waals surface area contributed by atoms with Gasteiger partial charge in [-0.1, -0.05) is 32.4 Å². The smallest absolute Gasteiger partial charge is 0.0349 e. The van der Waals surface area contributed by atoms with Crippen molar-refractivity contribution in [2.24, 2.45) is 0 Å². The summed E-state index contributed by atoms with van der Waals surface area (Å²) in [5.41, 5.74) is 9.64. The Morgan fingerprint density at radius 1 is 1.23 bits per heavy atom. The Morgan fingerprint density at radius 3 is 2.62 bits per heavy atom. The maximum absolute atomic E-state index is 5.90. The Hall–Kier alpha value is -0.980. The predicted molar refractivity (Wildman–Crippen MR) is 58.8 cm³/mol. The highest BCUT2D eigenvalue weighted by Gasteiger charge is 2.02. The van der Waals surface area contributed by atoms with E-state index < -0.39 is 0 Å². The van der Waals surface area contributed by atoms with E-state index in [2.05, 4.69) is 26.0 Å². The molecule has 0 radical (unpaired) electrons. The second-order valence-electron chi connectivity index (χ2n) is 3.44. The maximum atomic E-state index is 5.90. The second kappa shape index (κ2) is 4.90. The molecule has 2 N–H and O–H groups in total. The highest BCUT2D eigenvalue weighted by atomic mass is 14.6. The molecule has 0 fully saturated rings. The number of benzene rings is 1. The van der Waals surface area contributed by atoms with Gasteiger partial charge >= 0.3 is 0 Å². The SMILES string of the molecule is CCCCc1cccc(N)c1CC. The van der Waals surface area contributed by atoms with Crippen LogP contribution < -0.4 is 5.73 Å². The van der Waals surface area contributed by atoms with E-state index >= 15 is 0 Å². The van der Waals surface area contributed by atoms with E-state index in [1.165, 1.54) is 30.4 Å². The third kappa shape index (κ3) is 2.48.